The first-order valence-electron chi connectivity index (χ1n) is 11.0. The van der Waals surface area contributed by atoms with Crippen LogP contribution in [0.4, 0.5) is 0 Å². The highest BCUT2D eigenvalue weighted by atomic mass is 16.4. The highest BCUT2D eigenvalue weighted by Gasteiger charge is 2.27. The van der Waals surface area contributed by atoms with Gasteiger partial charge >= 0.3 is 5.97 Å². The molecule has 0 aliphatic heterocycles. The molecule has 0 spiro atoms. The van der Waals surface area contributed by atoms with E-state index in [4.69, 9.17) is 0 Å². The fourth-order valence-corrected chi connectivity index (χ4v) is 4.17. The Morgan fingerprint density at radius 1 is 0.970 bits per heavy atom. The largest absolute Gasteiger partial charge is 0.508 e. The molecule has 3 N–H and O–H groups in total. The van der Waals surface area contributed by atoms with Crippen molar-refractivity contribution in [3.8, 4) is 16.9 Å². The van der Waals surface area contributed by atoms with E-state index >= 15 is 0 Å². The summed E-state index contributed by atoms with van der Waals surface area (Å²) in [7, 11) is 0. The van der Waals surface area contributed by atoms with E-state index in [1.165, 1.54) is 0 Å². The molecule has 2 aromatic carbocycles. The molecule has 1 atom stereocenters. The van der Waals surface area contributed by atoms with Gasteiger partial charge in [0.1, 0.15) is 5.75 Å². The quantitative estimate of drug-likeness (QED) is 0.488. The van der Waals surface area contributed by atoms with Crippen molar-refractivity contribution in [1.82, 2.24) is 10.3 Å². The van der Waals surface area contributed by atoms with Crippen molar-refractivity contribution in [3.05, 3.63) is 95.5 Å². The van der Waals surface area contributed by atoms with E-state index in [1.54, 1.807) is 18.3 Å². The molecule has 0 bridgehead atoms. The molecule has 0 saturated carbocycles. The number of hydrogen-bond donors (Lipinski definition) is 3. The van der Waals surface area contributed by atoms with E-state index in [0.717, 1.165) is 28.8 Å². The fraction of sp³-hybridized carbons (Fsp3) is 0.222. The van der Waals surface area contributed by atoms with Crippen LogP contribution in [0.15, 0.2) is 84.2 Å². The number of allylic oxidation sites excluding steroid dienone is 1. The molecule has 1 aliphatic rings. The molecule has 1 heterocycles. The van der Waals surface area contributed by atoms with Gasteiger partial charge in [-0.25, -0.2) is 4.79 Å². The van der Waals surface area contributed by atoms with Crippen LogP contribution in [-0.4, -0.2) is 27.1 Å². The smallest absolute Gasteiger partial charge is 0.333 e. The van der Waals surface area contributed by atoms with Crippen molar-refractivity contribution in [2.45, 2.75) is 38.0 Å². The number of aromatic nitrogens is 1. The number of nitrogens with zero attached hydrogens (tertiary/aromatic N) is 1. The van der Waals surface area contributed by atoms with Crippen molar-refractivity contribution >= 4 is 11.9 Å². The number of hydrogen-bond acceptors (Lipinski definition) is 4. The van der Waals surface area contributed by atoms with Gasteiger partial charge in [0, 0.05) is 29.9 Å². The summed E-state index contributed by atoms with van der Waals surface area (Å²) in [6.45, 7) is 0. The predicted octanol–water partition coefficient (Wildman–Crippen LogP) is 4.81. The zero-order valence-electron chi connectivity index (χ0n) is 18.2. The van der Waals surface area contributed by atoms with Gasteiger partial charge in [-0.05, 0) is 66.6 Å². The number of carboxylic acid groups (broad SMARTS) is 1. The molecule has 1 aromatic heterocycles. The number of aryl methyl sites for hydroxylation is 1. The van der Waals surface area contributed by atoms with E-state index in [-0.39, 0.29) is 29.6 Å². The Morgan fingerprint density at radius 2 is 1.67 bits per heavy atom. The van der Waals surface area contributed by atoms with Crippen LogP contribution in [-0.2, 0) is 16.0 Å². The summed E-state index contributed by atoms with van der Waals surface area (Å²) >= 11 is 0. The third-order valence-electron chi connectivity index (χ3n) is 6.01. The highest BCUT2D eigenvalue weighted by Crippen LogP contribution is 2.34. The maximum atomic E-state index is 12.6. The number of benzene rings is 2. The summed E-state index contributed by atoms with van der Waals surface area (Å²) in [5.74, 6) is -0.892. The summed E-state index contributed by atoms with van der Waals surface area (Å²) in [6, 6.07) is 20.6. The Morgan fingerprint density at radius 3 is 2.30 bits per heavy atom. The molecule has 0 radical (unpaired) electrons. The molecule has 1 amide bonds. The van der Waals surface area contributed by atoms with Crippen LogP contribution in [0, 0.1) is 0 Å². The topological polar surface area (TPSA) is 99.5 Å². The SMILES string of the molecule is O=C(CCc1ccc(-c2ccc(O)cc2)cc1)NC1=C(C(=O)O)CC(c2ccccn2)CC1. The van der Waals surface area contributed by atoms with E-state index in [0.29, 0.717) is 25.0 Å². The molecule has 6 nitrogen and oxygen atoms in total. The second kappa shape index (κ2) is 10.1. The minimum atomic E-state index is -0.990. The van der Waals surface area contributed by atoms with E-state index in [1.807, 2.05) is 54.6 Å². The van der Waals surface area contributed by atoms with Crippen molar-refractivity contribution in [2.24, 2.45) is 0 Å². The first-order chi connectivity index (χ1) is 16.0. The average Bonchev–Trinajstić information content (AvgIpc) is 2.84. The zero-order chi connectivity index (χ0) is 23.2. The third kappa shape index (κ3) is 5.66. The van der Waals surface area contributed by atoms with Crippen molar-refractivity contribution in [2.75, 3.05) is 0 Å². The molecule has 3 aromatic rings. The number of pyridine rings is 1. The number of nitrogens with one attached hydrogen (secondary N) is 1. The molecule has 4 rings (SSSR count). The Kier molecular flexibility index (Phi) is 6.83. The summed E-state index contributed by atoms with van der Waals surface area (Å²) in [6.07, 6.45) is 4.18. The van der Waals surface area contributed by atoms with Gasteiger partial charge in [0.2, 0.25) is 5.91 Å². The number of carboxylic acids is 1. The van der Waals surface area contributed by atoms with Gasteiger partial charge in [0.25, 0.3) is 0 Å². The lowest BCUT2D eigenvalue weighted by atomic mass is 9.84. The van der Waals surface area contributed by atoms with Gasteiger partial charge in [0.05, 0.1) is 5.57 Å². The van der Waals surface area contributed by atoms with Gasteiger partial charge in [-0.2, -0.15) is 0 Å². The van der Waals surface area contributed by atoms with E-state index in [2.05, 4.69) is 10.3 Å². The Balaban J connectivity index is 1.35. The number of aromatic hydroxyl groups is 1. The molecule has 0 fully saturated rings. The normalized spacial score (nSPS) is 15.8. The van der Waals surface area contributed by atoms with Gasteiger partial charge in [-0.15, -0.1) is 0 Å². The average molecular weight is 443 g/mol. The number of rotatable bonds is 7. The number of carbonyl (C=O) groups excluding carboxylic acids is 1. The Labute approximate surface area is 192 Å². The highest BCUT2D eigenvalue weighted by molar-refractivity contribution is 5.89. The monoisotopic (exact) mass is 442 g/mol. The standard InChI is InChI=1S/C27H26N2O4/c30-22-12-9-20(10-13-22)19-7-4-18(5-8-19)6-15-26(31)29-25-14-11-21(17-23(25)27(32)33)24-3-1-2-16-28-24/h1-5,7-10,12-13,16,21,30H,6,11,14-15,17H2,(H,29,31)(H,32,33). The lowest BCUT2D eigenvalue weighted by Gasteiger charge is -2.25. The minimum Gasteiger partial charge on any atom is -0.508 e. The predicted molar refractivity (Wildman–Crippen MR) is 125 cm³/mol. The molecular formula is C27H26N2O4. The summed E-state index contributed by atoms with van der Waals surface area (Å²) < 4.78 is 0. The number of aliphatic carboxylic acids is 1. The molecule has 0 saturated heterocycles. The molecule has 168 valence electrons. The molecule has 1 unspecified atom stereocenters. The zero-order valence-corrected chi connectivity index (χ0v) is 18.2. The van der Waals surface area contributed by atoms with Crippen LogP contribution in [0.3, 0.4) is 0 Å². The van der Waals surface area contributed by atoms with Crippen LogP contribution >= 0.6 is 0 Å². The molecule has 33 heavy (non-hydrogen) atoms. The minimum absolute atomic E-state index is 0.0463. The van der Waals surface area contributed by atoms with Crippen LogP contribution in [0.25, 0.3) is 11.1 Å². The van der Waals surface area contributed by atoms with Crippen molar-refractivity contribution < 1.29 is 19.8 Å². The first-order valence-corrected chi connectivity index (χ1v) is 11.0. The lowest BCUT2D eigenvalue weighted by Crippen LogP contribution is -2.29. The van der Waals surface area contributed by atoms with Crippen LogP contribution < -0.4 is 5.32 Å². The summed E-state index contributed by atoms with van der Waals surface area (Å²) in [4.78, 5) is 28.7. The molecule has 1 aliphatic carbocycles. The van der Waals surface area contributed by atoms with Gasteiger partial charge in [-0.1, -0.05) is 42.5 Å². The Bertz CT molecular complexity index is 1150. The van der Waals surface area contributed by atoms with E-state index in [9.17, 15) is 19.8 Å². The van der Waals surface area contributed by atoms with Crippen LogP contribution in [0.1, 0.15) is 42.9 Å². The van der Waals surface area contributed by atoms with E-state index < -0.39 is 5.97 Å². The number of carbonyl (C=O) groups is 2. The second-order valence-electron chi connectivity index (χ2n) is 8.25. The van der Waals surface area contributed by atoms with Crippen molar-refractivity contribution in [1.29, 1.82) is 0 Å². The fourth-order valence-electron chi connectivity index (χ4n) is 4.17. The van der Waals surface area contributed by atoms with Crippen LogP contribution in [0.5, 0.6) is 5.75 Å². The summed E-state index contributed by atoms with van der Waals surface area (Å²) in [5.41, 5.74) is 4.73. The number of amides is 1. The van der Waals surface area contributed by atoms with Gasteiger partial charge in [-0.3, -0.25) is 9.78 Å². The van der Waals surface area contributed by atoms with Gasteiger partial charge in [0.15, 0.2) is 0 Å². The molecular weight excluding hydrogens is 416 g/mol. The third-order valence-corrected chi connectivity index (χ3v) is 6.01. The van der Waals surface area contributed by atoms with Crippen LogP contribution in [0.2, 0.25) is 0 Å². The Hall–Kier alpha value is -3.93. The summed E-state index contributed by atoms with van der Waals surface area (Å²) in [5, 5.41) is 22.0. The first kappa shape index (κ1) is 22.3. The second-order valence-corrected chi connectivity index (χ2v) is 8.25. The van der Waals surface area contributed by atoms with Crippen molar-refractivity contribution in [3.63, 3.8) is 0 Å². The number of phenolic OH excluding ortho intramolecular Hbond substituents is 1. The maximum absolute atomic E-state index is 12.6. The van der Waals surface area contributed by atoms with Gasteiger partial charge < -0.3 is 15.5 Å². The lowest BCUT2D eigenvalue weighted by molar-refractivity contribution is -0.133. The molecule has 6 heteroatoms. The maximum Gasteiger partial charge on any atom is 0.333 e. The number of phenols is 1.